The fourth-order valence-corrected chi connectivity index (χ4v) is 1.47. The second kappa shape index (κ2) is 6.12. The predicted octanol–water partition coefficient (Wildman–Crippen LogP) is 0.130. The van der Waals surface area contributed by atoms with E-state index in [0.717, 1.165) is 24.3 Å². The van der Waals surface area contributed by atoms with Crippen LogP contribution in [-0.2, 0) is 4.74 Å². The van der Waals surface area contributed by atoms with Crippen LogP contribution in [0.3, 0.4) is 0 Å². The van der Waals surface area contributed by atoms with Gasteiger partial charge in [-0.3, -0.25) is 0 Å². The summed E-state index contributed by atoms with van der Waals surface area (Å²) < 4.78 is 5.28. The third-order valence-electron chi connectivity index (χ3n) is 2.24. The predicted molar refractivity (Wildman–Crippen MR) is 64.7 cm³/mol. The molecule has 2 heterocycles. The molecular weight excluding hydrogens is 220 g/mol. The molecule has 2 aromatic heterocycles. The van der Waals surface area contributed by atoms with Crippen molar-refractivity contribution in [1.82, 2.24) is 19.9 Å². The van der Waals surface area contributed by atoms with Crippen LogP contribution in [0.1, 0.15) is 6.42 Å². The Hall–Kier alpha value is -1.73. The molecule has 0 bridgehead atoms. The highest BCUT2D eigenvalue weighted by atomic mass is 16.5. The minimum Gasteiger partial charge on any atom is -0.380 e. The number of H-pyrrole nitrogens is 1. The van der Waals surface area contributed by atoms with Crippen molar-refractivity contribution in [2.75, 3.05) is 31.6 Å². The van der Waals surface area contributed by atoms with Crippen LogP contribution in [-0.4, -0.2) is 46.2 Å². The van der Waals surface area contributed by atoms with Gasteiger partial charge in [-0.15, -0.1) is 0 Å². The molecule has 7 nitrogen and oxygen atoms in total. The molecule has 0 radical (unpaired) electrons. The normalized spacial score (nSPS) is 10.9. The largest absolute Gasteiger partial charge is 0.380 e. The number of anilines is 1. The number of hydrogen-bond acceptors (Lipinski definition) is 6. The Morgan fingerprint density at radius 2 is 2.24 bits per heavy atom. The highest BCUT2D eigenvalue weighted by Gasteiger charge is 2.03. The second-order valence-corrected chi connectivity index (χ2v) is 3.50. The summed E-state index contributed by atoms with van der Waals surface area (Å²) in [6, 6.07) is 0. The Bertz CT molecular complexity index is 457. The van der Waals surface area contributed by atoms with E-state index in [0.29, 0.717) is 25.4 Å². The SMILES string of the molecule is NCCOCCCNc1ncnc2nc[nH]c12. The van der Waals surface area contributed by atoms with Crippen LogP contribution in [0.15, 0.2) is 12.7 Å². The number of nitrogens with two attached hydrogens (primary N) is 1. The molecule has 7 heteroatoms. The second-order valence-electron chi connectivity index (χ2n) is 3.50. The van der Waals surface area contributed by atoms with Crippen LogP contribution >= 0.6 is 0 Å². The standard InChI is InChI=1S/C10H16N6O/c11-2-5-17-4-1-3-12-9-8-10(14-6-13-8)16-7-15-9/h6-7H,1-5,11H2,(H2,12,13,14,15,16). The van der Waals surface area contributed by atoms with E-state index in [9.17, 15) is 0 Å². The van der Waals surface area contributed by atoms with E-state index in [4.69, 9.17) is 10.5 Å². The van der Waals surface area contributed by atoms with E-state index in [1.807, 2.05) is 0 Å². The molecule has 17 heavy (non-hydrogen) atoms. The molecule has 0 aliphatic rings. The van der Waals surface area contributed by atoms with Crippen molar-refractivity contribution < 1.29 is 4.74 Å². The highest BCUT2D eigenvalue weighted by Crippen LogP contribution is 2.13. The third kappa shape index (κ3) is 3.11. The summed E-state index contributed by atoms with van der Waals surface area (Å²) in [6.07, 6.45) is 4.00. The Balaban J connectivity index is 1.80. The van der Waals surface area contributed by atoms with Crippen molar-refractivity contribution >= 4 is 17.0 Å². The zero-order valence-corrected chi connectivity index (χ0v) is 9.52. The average molecular weight is 236 g/mol. The first-order chi connectivity index (χ1) is 8.42. The average Bonchev–Trinajstić information content (AvgIpc) is 2.82. The highest BCUT2D eigenvalue weighted by molar-refractivity contribution is 5.81. The Kier molecular flexibility index (Phi) is 4.23. The lowest BCUT2D eigenvalue weighted by molar-refractivity contribution is 0.141. The number of nitrogens with one attached hydrogen (secondary N) is 2. The van der Waals surface area contributed by atoms with Gasteiger partial charge in [0, 0.05) is 19.7 Å². The summed E-state index contributed by atoms with van der Waals surface area (Å²) in [4.78, 5) is 15.3. The van der Waals surface area contributed by atoms with Crippen LogP contribution in [0.5, 0.6) is 0 Å². The van der Waals surface area contributed by atoms with Crippen molar-refractivity contribution in [2.24, 2.45) is 5.73 Å². The Labute approximate surface area is 98.8 Å². The lowest BCUT2D eigenvalue weighted by Crippen LogP contribution is -2.12. The summed E-state index contributed by atoms with van der Waals surface area (Å²) in [6.45, 7) is 2.66. The molecule has 2 aromatic rings. The van der Waals surface area contributed by atoms with Crippen molar-refractivity contribution in [2.45, 2.75) is 6.42 Å². The fraction of sp³-hybridized carbons (Fsp3) is 0.500. The molecule has 0 aliphatic heterocycles. The van der Waals surface area contributed by atoms with Crippen LogP contribution in [0.25, 0.3) is 11.2 Å². The van der Waals surface area contributed by atoms with Gasteiger partial charge in [0.25, 0.3) is 0 Å². The van der Waals surface area contributed by atoms with Crippen LogP contribution in [0.4, 0.5) is 5.82 Å². The maximum absolute atomic E-state index is 5.32. The molecule has 0 spiro atoms. The fourth-order valence-electron chi connectivity index (χ4n) is 1.47. The minimum atomic E-state index is 0.564. The lowest BCUT2D eigenvalue weighted by Gasteiger charge is -2.06. The molecule has 0 unspecified atom stereocenters. The van der Waals surface area contributed by atoms with E-state index in [2.05, 4.69) is 25.3 Å². The Morgan fingerprint density at radius 1 is 1.29 bits per heavy atom. The van der Waals surface area contributed by atoms with Gasteiger partial charge in [0.1, 0.15) is 11.8 Å². The first kappa shape index (κ1) is 11.7. The van der Waals surface area contributed by atoms with Gasteiger partial charge in [-0.1, -0.05) is 0 Å². The number of aromatic nitrogens is 4. The van der Waals surface area contributed by atoms with Gasteiger partial charge >= 0.3 is 0 Å². The van der Waals surface area contributed by atoms with Gasteiger partial charge in [0.05, 0.1) is 12.9 Å². The number of fused-ring (bicyclic) bond motifs is 1. The lowest BCUT2D eigenvalue weighted by atomic mass is 10.4. The van der Waals surface area contributed by atoms with Gasteiger partial charge in [-0.25, -0.2) is 15.0 Å². The summed E-state index contributed by atoms with van der Waals surface area (Å²) in [5, 5.41) is 3.22. The van der Waals surface area contributed by atoms with Crippen molar-refractivity contribution in [3.8, 4) is 0 Å². The number of rotatable bonds is 7. The molecule has 0 atom stereocenters. The monoisotopic (exact) mass is 236 g/mol. The molecule has 0 saturated heterocycles. The van der Waals surface area contributed by atoms with E-state index in [-0.39, 0.29) is 0 Å². The topological polar surface area (TPSA) is 102 Å². The summed E-state index contributed by atoms with van der Waals surface area (Å²) in [5.74, 6) is 0.770. The van der Waals surface area contributed by atoms with Crippen molar-refractivity contribution in [1.29, 1.82) is 0 Å². The molecule has 0 aliphatic carbocycles. The number of imidazole rings is 1. The van der Waals surface area contributed by atoms with E-state index in [1.165, 1.54) is 6.33 Å². The summed E-state index contributed by atoms with van der Waals surface area (Å²) in [5.41, 5.74) is 6.81. The molecule has 0 amide bonds. The molecule has 4 N–H and O–H groups in total. The van der Waals surface area contributed by atoms with Gasteiger partial charge in [0.2, 0.25) is 0 Å². The van der Waals surface area contributed by atoms with E-state index < -0.39 is 0 Å². The zero-order chi connectivity index (χ0) is 11.9. The summed E-state index contributed by atoms with van der Waals surface area (Å²) in [7, 11) is 0. The first-order valence-corrected chi connectivity index (χ1v) is 5.57. The minimum absolute atomic E-state index is 0.564. The zero-order valence-electron chi connectivity index (χ0n) is 9.52. The number of ether oxygens (including phenoxy) is 1. The summed E-state index contributed by atoms with van der Waals surface area (Å²) >= 11 is 0. The quantitative estimate of drug-likeness (QED) is 0.591. The maximum Gasteiger partial charge on any atom is 0.182 e. The maximum atomic E-state index is 5.32. The van der Waals surface area contributed by atoms with Crippen molar-refractivity contribution in [3.63, 3.8) is 0 Å². The number of aromatic amines is 1. The molecular formula is C10H16N6O. The molecule has 2 rings (SSSR count). The number of hydrogen-bond donors (Lipinski definition) is 3. The van der Waals surface area contributed by atoms with Crippen LogP contribution in [0.2, 0.25) is 0 Å². The van der Waals surface area contributed by atoms with Gasteiger partial charge in [-0.05, 0) is 6.42 Å². The third-order valence-corrected chi connectivity index (χ3v) is 2.24. The van der Waals surface area contributed by atoms with Crippen molar-refractivity contribution in [3.05, 3.63) is 12.7 Å². The first-order valence-electron chi connectivity index (χ1n) is 5.57. The number of nitrogens with zero attached hydrogens (tertiary/aromatic N) is 3. The Morgan fingerprint density at radius 3 is 3.12 bits per heavy atom. The molecule has 0 saturated carbocycles. The van der Waals surface area contributed by atoms with Crippen LogP contribution < -0.4 is 11.1 Å². The molecule has 0 aromatic carbocycles. The molecule has 92 valence electrons. The van der Waals surface area contributed by atoms with E-state index >= 15 is 0 Å². The van der Waals surface area contributed by atoms with Gasteiger partial charge < -0.3 is 20.8 Å². The van der Waals surface area contributed by atoms with E-state index in [1.54, 1.807) is 6.33 Å². The molecule has 0 fully saturated rings. The van der Waals surface area contributed by atoms with Crippen LogP contribution in [0, 0.1) is 0 Å². The van der Waals surface area contributed by atoms with Gasteiger partial charge in [0.15, 0.2) is 11.5 Å². The van der Waals surface area contributed by atoms with Gasteiger partial charge in [-0.2, -0.15) is 0 Å². The smallest absolute Gasteiger partial charge is 0.182 e.